The molecule has 3 rings (SSSR count). The van der Waals surface area contributed by atoms with Crippen molar-refractivity contribution in [2.24, 2.45) is 5.73 Å². The Morgan fingerprint density at radius 2 is 2.09 bits per heavy atom. The maximum atomic E-state index is 10.9. The molecule has 3 aromatic rings. The molecule has 0 bridgehead atoms. The van der Waals surface area contributed by atoms with E-state index in [1.165, 1.54) is 0 Å². The second kappa shape index (κ2) is 6.52. The monoisotopic (exact) mass is 309 g/mol. The average molecular weight is 309 g/mol. The summed E-state index contributed by atoms with van der Waals surface area (Å²) < 4.78 is 7.49. The summed E-state index contributed by atoms with van der Waals surface area (Å²) in [5.41, 5.74) is 9.34. The molecule has 0 unspecified atom stereocenters. The first-order valence-electron chi connectivity index (χ1n) is 7.51. The van der Waals surface area contributed by atoms with Crippen molar-refractivity contribution in [3.05, 3.63) is 59.9 Å². The van der Waals surface area contributed by atoms with Gasteiger partial charge < -0.3 is 15.0 Å². The van der Waals surface area contributed by atoms with E-state index in [0.717, 1.165) is 27.9 Å². The quantitative estimate of drug-likeness (QED) is 0.760. The number of nitrogens with zero attached hydrogens (tertiary/aromatic N) is 2. The zero-order valence-corrected chi connectivity index (χ0v) is 13.0. The van der Waals surface area contributed by atoms with Gasteiger partial charge in [-0.15, -0.1) is 0 Å². The smallest absolute Gasteiger partial charge is 0.217 e. The number of carbonyl (C=O) groups is 1. The normalized spacial score (nSPS) is 10.8. The Labute approximate surface area is 134 Å². The predicted molar refractivity (Wildman–Crippen MR) is 89.3 cm³/mol. The molecule has 1 heterocycles. The Morgan fingerprint density at radius 3 is 2.87 bits per heavy atom. The van der Waals surface area contributed by atoms with E-state index >= 15 is 0 Å². The van der Waals surface area contributed by atoms with Crippen molar-refractivity contribution in [2.45, 2.75) is 19.4 Å². The van der Waals surface area contributed by atoms with Gasteiger partial charge in [0.2, 0.25) is 5.91 Å². The molecule has 0 spiro atoms. The van der Waals surface area contributed by atoms with Gasteiger partial charge in [-0.1, -0.05) is 24.3 Å². The summed E-state index contributed by atoms with van der Waals surface area (Å²) in [6.07, 6.45) is 2.83. The molecule has 2 N–H and O–H groups in total. The summed E-state index contributed by atoms with van der Waals surface area (Å²) in [7, 11) is 1.68. The van der Waals surface area contributed by atoms with Crippen molar-refractivity contribution in [3.63, 3.8) is 0 Å². The zero-order chi connectivity index (χ0) is 16.2. The largest absolute Gasteiger partial charge is 0.496 e. The lowest BCUT2D eigenvalue weighted by Gasteiger charge is -2.09. The topological polar surface area (TPSA) is 70.1 Å². The number of imidazole rings is 1. The van der Waals surface area contributed by atoms with Gasteiger partial charge in [-0.3, -0.25) is 4.79 Å². The summed E-state index contributed by atoms with van der Waals surface area (Å²) >= 11 is 0. The fraction of sp³-hybridized carbons (Fsp3) is 0.222. The number of ether oxygens (including phenoxy) is 1. The van der Waals surface area contributed by atoms with Crippen molar-refractivity contribution in [1.29, 1.82) is 0 Å². The summed E-state index contributed by atoms with van der Waals surface area (Å²) in [5, 5.41) is 0. The van der Waals surface area contributed by atoms with Crippen LogP contribution in [0.3, 0.4) is 0 Å². The van der Waals surface area contributed by atoms with Crippen LogP contribution >= 0.6 is 0 Å². The maximum Gasteiger partial charge on any atom is 0.217 e. The third-order valence-corrected chi connectivity index (χ3v) is 3.88. The van der Waals surface area contributed by atoms with Crippen molar-refractivity contribution >= 4 is 16.9 Å². The molecule has 2 aromatic carbocycles. The molecular formula is C18H19N3O2. The van der Waals surface area contributed by atoms with Crippen molar-refractivity contribution in [2.75, 3.05) is 7.11 Å². The van der Waals surface area contributed by atoms with E-state index in [0.29, 0.717) is 19.4 Å². The van der Waals surface area contributed by atoms with Crippen LogP contribution in [0, 0.1) is 0 Å². The third-order valence-electron chi connectivity index (χ3n) is 3.88. The van der Waals surface area contributed by atoms with Crippen LogP contribution in [-0.2, 0) is 17.8 Å². The lowest BCUT2D eigenvalue weighted by Crippen LogP contribution is -2.11. The Hall–Kier alpha value is -2.82. The minimum Gasteiger partial charge on any atom is -0.496 e. The highest BCUT2D eigenvalue weighted by Crippen LogP contribution is 2.22. The van der Waals surface area contributed by atoms with E-state index in [-0.39, 0.29) is 5.91 Å². The van der Waals surface area contributed by atoms with Gasteiger partial charge in [0.05, 0.1) is 31.0 Å². The zero-order valence-electron chi connectivity index (χ0n) is 13.0. The van der Waals surface area contributed by atoms with E-state index in [2.05, 4.69) is 9.55 Å². The third kappa shape index (κ3) is 3.34. The highest BCUT2D eigenvalue weighted by Gasteiger charge is 2.08. The fourth-order valence-electron chi connectivity index (χ4n) is 2.68. The first-order chi connectivity index (χ1) is 11.2. The van der Waals surface area contributed by atoms with Crippen LogP contribution in [-0.4, -0.2) is 22.6 Å². The molecular weight excluding hydrogens is 290 g/mol. The van der Waals surface area contributed by atoms with Crippen LogP contribution in [0.2, 0.25) is 0 Å². The molecule has 0 aliphatic carbocycles. The Balaban J connectivity index is 1.86. The van der Waals surface area contributed by atoms with Crippen LogP contribution in [0.1, 0.15) is 17.5 Å². The van der Waals surface area contributed by atoms with Gasteiger partial charge in [-0.25, -0.2) is 4.98 Å². The van der Waals surface area contributed by atoms with Crippen LogP contribution in [0.5, 0.6) is 5.75 Å². The van der Waals surface area contributed by atoms with Crippen molar-refractivity contribution in [3.8, 4) is 5.75 Å². The van der Waals surface area contributed by atoms with Crippen LogP contribution in [0.4, 0.5) is 0 Å². The van der Waals surface area contributed by atoms with Gasteiger partial charge in [0.25, 0.3) is 0 Å². The SMILES string of the molecule is COc1ccccc1Cn1cnc2cc(CCC(N)=O)ccc21. The van der Waals surface area contributed by atoms with Gasteiger partial charge in [-0.2, -0.15) is 0 Å². The molecule has 0 fully saturated rings. The molecule has 5 nitrogen and oxygen atoms in total. The van der Waals surface area contributed by atoms with Gasteiger partial charge in [0.15, 0.2) is 0 Å². The molecule has 0 atom stereocenters. The number of nitrogens with two attached hydrogens (primary N) is 1. The maximum absolute atomic E-state index is 10.9. The van der Waals surface area contributed by atoms with E-state index < -0.39 is 0 Å². The van der Waals surface area contributed by atoms with E-state index in [1.807, 2.05) is 48.8 Å². The van der Waals surface area contributed by atoms with Gasteiger partial charge >= 0.3 is 0 Å². The Morgan fingerprint density at radius 1 is 1.26 bits per heavy atom. The lowest BCUT2D eigenvalue weighted by molar-refractivity contribution is -0.117. The number of benzene rings is 2. The number of aromatic nitrogens is 2. The number of hydrogen-bond donors (Lipinski definition) is 1. The summed E-state index contributed by atoms with van der Waals surface area (Å²) in [4.78, 5) is 15.4. The summed E-state index contributed by atoms with van der Waals surface area (Å²) in [6.45, 7) is 0.696. The highest BCUT2D eigenvalue weighted by molar-refractivity contribution is 5.77. The number of fused-ring (bicyclic) bond motifs is 1. The minimum absolute atomic E-state index is 0.285. The number of amides is 1. The number of para-hydroxylation sites is 1. The van der Waals surface area contributed by atoms with E-state index in [9.17, 15) is 4.79 Å². The molecule has 5 heteroatoms. The molecule has 0 aliphatic rings. The number of primary amides is 1. The number of methoxy groups -OCH3 is 1. The molecule has 0 saturated carbocycles. The van der Waals surface area contributed by atoms with E-state index in [1.54, 1.807) is 7.11 Å². The number of hydrogen-bond acceptors (Lipinski definition) is 3. The van der Waals surface area contributed by atoms with E-state index in [4.69, 9.17) is 10.5 Å². The first-order valence-corrected chi connectivity index (χ1v) is 7.51. The van der Waals surface area contributed by atoms with Crippen LogP contribution in [0.15, 0.2) is 48.8 Å². The molecule has 1 amide bonds. The molecule has 0 saturated heterocycles. The average Bonchev–Trinajstić information content (AvgIpc) is 2.96. The fourth-order valence-corrected chi connectivity index (χ4v) is 2.68. The molecule has 23 heavy (non-hydrogen) atoms. The lowest BCUT2D eigenvalue weighted by atomic mass is 10.1. The number of carbonyl (C=O) groups excluding carboxylic acids is 1. The molecule has 0 aliphatic heterocycles. The molecule has 1 aromatic heterocycles. The number of aryl methyl sites for hydroxylation is 1. The van der Waals surface area contributed by atoms with Gasteiger partial charge in [-0.05, 0) is 30.2 Å². The predicted octanol–water partition coefficient (Wildman–Crippen LogP) is 2.51. The van der Waals surface area contributed by atoms with Crippen LogP contribution < -0.4 is 10.5 Å². The Kier molecular flexibility index (Phi) is 4.28. The standard InChI is InChI=1S/C18H19N3O2/c1-23-17-5-3-2-4-14(17)11-21-12-20-15-10-13(6-8-16(15)21)7-9-18(19)22/h2-6,8,10,12H,7,9,11H2,1H3,(H2,19,22). The Bertz CT molecular complexity index is 839. The second-order valence-electron chi connectivity index (χ2n) is 5.47. The van der Waals surface area contributed by atoms with Crippen LogP contribution in [0.25, 0.3) is 11.0 Å². The first kappa shape index (κ1) is 15.1. The summed E-state index contributed by atoms with van der Waals surface area (Å²) in [6, 6.07) is 14.0. The molecule has 0 radical (unpaired) electrons. The van der Waals surface area contributed by atoms with Crippen molar-refractivity contribution < 1.29 is 9.53 Å². The number of rotatable bonds is 6. The minimum atomic E-state index is -0.285. The van der Waals surface area contributed by atoms with Gasteiger partial charge in [0.1, 0.15) is 5.75 Å². The summed E-state index contributed by atoms with van der Waals surface area (Å²) in [5.74, 6) is 0.583. The van der Waals surface area contributed by atoms with Gasteiger partial charge in [0, 0.05) is 12.0 Å². The second-order valence-corrected chi connectivity index (χ2v) is 5.47. The van der Waals surface area contributed by atoms with Crippen molar-refractivity contribution in [1.82, 2.24) is 9.55 Å². The highest BCUT2D eigenvalue weighted by atomic mass is 16.5. The molecule has 118 valence electrons.